The molecule has 0 spiro atoms. The first kappa shape index (κ1) is 16.1. The molecule has 2 saturated carbocycles. The number of carbonyl (C=O) groups is 1. The maximum Gasteiger partial charge on any atom is 0.317 e. The van der Waals surface area contributed by atoms with Crippen molar-refractivity contribution in [3.05, 3.63) is 0 Å². The molecule has 6 heteroatoms. The lowest BCUT2D eigenvalue weighted by Crippen LogP contribution is -2.49. The summed E-state index contributed by atoms with van der Waals surface area (Å²) in [5.41, 5.74) is 0. The molecule has 0 aromatic rings. The number of urea groups is 1. The van der Waals surface area contributed by atoms with Crippen LogP contribution < -0.4 is 5.32 Å². The quantitative estimate of drug-likeness (QED) is 0.860. The third kappa shape index (κ3) is 4.15. The Morgan fingerprint density at radius 3 is 2.55 bits per heavy atom. The summed E-state index contributed by atoms with van der Waals surface area (Å²) in [6.07, 6.45) is 10.4. The maximum atomic E-state index is 12.5. The van der Waals surface area contributed by atoms with Crippen molar-refractivity contribution in [3.63, 3.8) is 0 Å². The summed E-state index contributed by atoms with van der Waals surface area (Å²) in [5.74, 6) is 1.80. The van der Waals surface area contributed by atoms with Crippen molar-refractivity contribution in [2.24, 2.45) is 11.8 Å². The topological polar surface area (TPSA) is 66.5 Å². The molecule has 0 aromatic carbocycles. The van der Waals surface area contributed by atoms with Gasteiger partial charge in [0, 0.05) is 24.9 Å². The number of likely N-dealkylation sites (tertiary alicyclic amines) is 1. The van der Waals surface area contributed by atoms with Crippen LogP contribution in [0.4, 0.5) is 4.79 Å². The summed E-state index contributed by atoms with van der Waals surface area (Å²) in [6, 6.07) is 0.0942. The van der Waals surface area contributed by atoms with E-state index in [1.807, 2.05) is 0 Å². The Bertz CT molecular complexity index is 515. The van der Waals surface area contributed by atoms with E-state index in [4.69, 9.17) is 0 Å². The van der Waals surface area contributed by atoms with Gasteiger partial charge in [-0.2, -0.15) is 0 Å². The Morgan fingerprint density at radius 2 is 1.86 bits per heavy atom. The van der Waals surface area contributed by atoms with Gasteiger partial charge in [0.05, 0.1) is 5.75 Å². The van der Waals surface area contributed by atoms with Crippen LogP contribution in [0.1, 0.15) is 51.4 Å². The molecule has 3 aliphatic rings. The molecule has 1 heterocycles. The van der Waals surface area contributed by atoms with Crippen molar-refractivity contribution in [1.82, 2.24) is 10.2 Å². The second-order valence-corrected chi connectivity index (χ2v) is 9.68. The second kappa shape index (κ2) is 6.38. The number of sulfone groups is 1. The van der Waals surface area contributed by atoms with E-state index in [1.54, 1.807) is 4.90 Å². The highest BCUT2D eigenvalue weighted by Gasteiger charge is 2.36. The fourth-order valence-electron chi connectivity index (χ4n) is 4.24. The molecule has 0 bridgehead atoms. The van der Waals surface area contributed by atoms with Gasteiger partial charge in [-0.15, -0.1) is 0 Å². The van der Waals surface area contributed by atoms with Gasteiger partial charge in [0.1, 0.15) is 9.84 Å². The molecule has 126 valence electrons. The number of nitrogens with one attached hydrogen (secondary N) is 1. The molecule has 3 fully saturated rings. The van der Waals surface area contributed by atoms with Crippen molar-refractivity contribution in [3.8, 4) is 0 Å². The first-order chi connectivity index (χ1) is 10.4. The molecule has 5 nitrogen and oxygen atoms in total. The van der Waals surface area contributed by atoms with Crippen LogP contribution in [0.2, 0.25) is 0 Å². The van der Waals surface area contributed by atoms with Crippen LogP contribution in [0.25, 0.3) is 0 Å². The summed E-state index contributed by atoms with van der Waals surface area (Å²) >= 11 is 0. The highest BCUT2D eigenvalue weighted by Crippen LogP contribution is 2.43. The number of hydrogen-bond acceptors (Lipinski definition) is 3. The van der Waals surface area contributed by atoms with Crippen molar-refractivity contribution < 1.29 is 13.2 Å². The van der Waals surface area contributed by atoms with Gasteiger partial charge in [0.15, 0.2) is 0 Å². The van der Waals surface area contributed by atoms with Crippen LogP contribution in [0, 0.1) is 11.8 Å². The van der Waals surface area contributed by atoms with Gasteiger partial charge in [0.2, 0.25) is 0 Å². The number of rotatable bonds is 4. The van der Waals surface area contributed by atoms with Gasteiger partial charge in [-0.1, -0.05) is 12.8 Å². The van der Waals surface area contributed by atoms with E-state index in [1.165, 1.54) is 31.9 Å². The Labute approximate surface area is 133 Å². The van der Waals surface area contributed by atoms with E-state index in [2.05, 4.69) is 5.32 Å². The zero-order chi connectivity index (χ0) is 15.7. The first-order valence-corrected chi connectivity index (χ1v) is 10.7. The smallest absolute Gasteiger partial charge is 0.317 e. The largest absolute Gasteiger partial charge is 0.335 e. The SMILES string of the molecule is CS(=O)(=O)C[C@H]1CCCN1C(=O)N[C@@H]1CCC[C@H](C2CC2)C1. The molecule has 1 aliphatic heterocycles. The molecule has 0 unspecified atom stereocenters. The zero-order valence-electron chi connectivity index (χ0n) is 13.5. The van der Waals surface area contributed by atoms with E-state index in [9.17, 15) is 13.2 Å². The molecule has 0 radical (unpaired) electrons. The molecular weight excluding hydrogens is 300 g/mol. The third-order valence-electron chi connectivity index (χ3n) is 5.46. The average Bonchev–Trinajstić information content (AvgIpc) is 3.18. The highest BCUT2D eigenvalue weighted by atomic mass is 32.2. The van der Waals surface area contributed by atoms with Crippen LogP contribution >= 0.6 is 0 Å². The molecule has 22 heavy (non-hydrogen) atoms. The van der Waals surface area contributed by atoms with Crippen molar-refractivity contribution in [1.29, 1.82) is 0 Å². The molecule has 2 amide bonds. The van der Waals surface area contributed by atoms with Gasteiger partial charge in [-0.3, -0.25) is 0 Å². The summed E-state index contributed by atoms with van der Waals surface area (Å²) in [5, 5.41) is 3.18. The molecule has 1 N–H and O–H groups in total. The van der Waals surface area contributed by atoms with E-state index in [0.717, 1.165) is 37.5 Å². The molecular formula is C16H28N2O3S. The predicted octanol–water partition coefficient (Wildman–Crippen LogP) is 2.17. The van der Waals surface area contributed by atoms with Gasteiger partial charge in [-0.25, -0.2) is 13.2 Å². The summed E-state index contributed by atoms with van der Waals surface area (Å²) in [4.78, 5) is 14.3. The van der Waals surface area contributed by atoms with Crippen molar-refractivity contribution >= 4 is 15.9 Å². The molecule has 2 aliphatic carbocycles. The van der Waals surface area contributed by atoms with Gasteiger partial charge >= 0.3 is 6.03 Å². The number of amides is 2. The average molecular weight is 328 g/mol. The zero-order valence-corrected chi connectivity index (χ0v) is 14.3. The number of carbonyl (C=O) groups excluding carboxylic acids is 1. The predicted molar refractivity (Wildman–Crippen MR) is 86.4 cm³/mol. The van der Waals surface area contributed by atoms with Crippen LogP contribution in [0.3, 0.4) is 0 Å². The summed E-state index contributed by atoms with van der Waals surface area (Å²) < 4.78 is 23.0. The fourth-order valence-corrected chi connectivity index (χ4v) is 5.28. The van der Waals surface area contributed by atoms with Crippen LogP contribution in [-0.4, -0.2) is 50.0 Å². The standard InChI is InChI=1S/C16H28N2O3S/c1-22(20,21)11-15-6-3-9-18(15)16(19)17-14-5-2-4-13(10-14)12-7-8-12/h12-15H,2-11H2,1H3,(H,17,19)/t13-,14+,15+/m0/s1. The van der Waals surface area contributed by atoms with Crippen LogP contribution in [0.5, 0.6) is 0 Å². The Balaban J connectivity index is 1.54. The lowest BCUT2D eigenvalue weighted by molar-refractivity contribution is 0.182. The maximum absolute atomic E-state index is 12.5. The first-order valence-electron chi connectivity index (χ1n) is 8.67. The normalized spacial score (nSPS) is 33.0. The van der Waals surface area contributed by atoms with E-state index < -0.39 is 9.84 Å². The number of hydrogen-bond donors (Lipinski definition) is 1. The minimum absolute atomic E-state index is 0.0485. The minimum Gasteiger partial charge on any atom is -0.335 e. The van der Waals surface area contributed by atoms with E-state index >= 15 is 0 Å². The lowest BCUT2D eigenvalue weighted by Gasteiger charge is -2.32. The van der Waals surface area contributed by atoms with Gasteiger partial charge in [-0.05, 0) is 50.4 Å². The van der Waals surface area contributed by atoms with Crippen LogP contribution in [0.15, 0.2) is 0 Å². The molecule has 1 saturated heterocycles. The minimum atomic E-state index is -3.04. The summed E-state index contributed by atoms with van der Waals surface area (Å²) in [6.45, 7) is 0.685. The lowest BCUT2D eigenvalue weighted by atomic mass is 9.83. The second-order valence-electron chi connectivity index (χ2n) is 7.49. The van der Waals surface area contributed by atoms with Gasteiger partial charge in [0.25, 0.3) is 0 Å². The third-order valence-corrected chi connectivity index (χ3v) is 6.45. The molecule has 3 rings (SSSR count). The van der Waals surface area contributed by atoms with E-state index in [-0.39, 0.29) is 23.9 Å². The van der Waals surface area contributed by atoms with Crippen LogP contribution in [-0.2, 0) is 9.84 Å². The Morgan fingerprint density at radius 1 is 1.09 bits per heavy atom. The monoisotopic (exact) mass is 328 g/mol. The molecule has 3 atom stereocenters. The molecule has 0 aromatic heterocycles. The number of nitrogens with zero attached hydrogens (tertiary/aromatic N) is 1. The summed E-state index contributed by atoms with van der Waals surface area (Å²) in [7, 11) is -3.04. The Kier molecular flexibility index (Phi) is 4.67. The van der Waals surface area contributed by atoms with Crippen molar-refractivity contribution in [2.75, 3.05) is 18.6 Å². The van der Waals surface area contributed by atoms with Crippen molar-refractivity contribution in [2.45, 2.75) is 63.5 Å². The highest BCUT2D eigenvalue weighted by molar-refractivity contribution is 7.90. The fraction of sp³-hybridized carbons (Fsp3) is 0.938. The van der Waals surface area contributed by atoms with Gasteiger partial charge < -0.3 is 10.2 Å². The Hall–Kier alpha value is -0.780. The van der Waals surface area contributed by atoms with E-state index in [0.29, 0.717) is 6.54 Å².